The van der Waals surface area contributed by atoms with Gasteiger partial charge in [-0.2, -0.15) is 0 Å². The number of aliphatic hydroxyl groups is 1. The quantitative estimate of drug-likeness (QED) is 0.772. The van der Waals surface area contributed by atoms with E-state index >= 15 is 0 Å². The molecule has 0 unspecified atom stereocenters. The molecule has 0 saturated heterocycles. The Hall–Kier alpha value is -1.65. The number of furan rings is 1. The van der Waals surface area contributed by atoms with Crippen molar-refractivity contribution in [2.75, 3.05) is 6.54 Å². The van der Waals surface area contributed by atoms with Crippen LogP contribution in [0.4, 0.5) is 4.39 Å². The Labute approximate surface area is 105 Å². The van der Waals surface area contributed by atoms with Gasteiger partial charge in [-0.3, -0.25) is 0 Å². The first-order chi connectivity index (χ1) is 8.78. The van der Waals surface area contributed by atoms with Crippen molar-refractivity contribution in [2.24, 2.45) is 0 Å². The molecule has 0 saturated carbocycles. The monoisotopic (exact) mass is 249 g/mol. The van der Waals surface area contributed by atoms with Gasteiger partial charge in [0, 0.05) is 0 Å². The summed E-state index contributed by atoms with van der Waals surface area (Å²) in [5, 5.41) is 12.1. The van der Waals surface area contributed by atoms with E-state index in [4.69, 9.17) is 9.52 Å². The minimum Gasteiger partial charge on any atom is -0.462 e. The summed E-state index contributed by atoms with van der Waals surface area (Å²) in [6.07, 6.45) is 0.841. The molecule has 4 heteroatoms. The van der Waals surface area contributed by atoms with E-state index in [2.05, 4.69) is 5.32 Å². The zero-order valence-electron chi connectivity index (χ0n) is 10.0. The molecule has 2 N–H and O–H groups in total. The normalized spacial score (nSPS) is 10.8. The summed E-state index contributed by atoms with van der Waals surface area (Å²) >= 11 is 0. The molecule has 0 aliphatic rings. The predicted octanol–water partition coefficient (Wildman–Crippen LogP) is 2.24. The van der Waals surface area contributed by atoms with Gasteiger partial charge in [0.2, 0.25) is 0 Å². The van der Waals surface area contributed by atoms with Crippen LogP contribution in [0.15, 0.2) is 40.8 Å². The molecule has 2 aromatic rings. The second-order valence-corrected chi connectivity index (χ2v) is 4.08. The average molecular weight is 249 g/mol. The number of benzene rings is 1. The van der Waals surface area contributed by atoms with Gasteiger partial charge >= 0.3 is 0 Å². The van der Waals surface area contributed by atoms with Gasteiger partial charge in [0.1, 0.15) is 23.9 Å². The summed E-state index contributed by atoms with van der Waals surface area (Å²) in [7, 11) is 0. The highest BCUT2D eigenvalue weighted by Gasteiger charge is 2.00. The van der Waals surface area contributed by atoms with Crippen LogP contribution in [0.25, 0.3) is 0 Å². The van der Waals surface area contributed by atoms with Gasteiger partial charge in [-0.05, 0) is 42.8 Å². The third-order valence-electron chi connectivity index (χ3n) is 2.68. The summed E-state index contributed by atoms with van der Waals surface area (Å²) in [4.78, 5) is 0. The maximum atomic E-state index is 12.7. The van der Waals surface area contributed by atoms with Crippen LogP contribution in [0.3, 0.4) is 0 Å². The first kappa shape index (κ1) is 12.8. The second-order valence-electron chi connectivity index (χ2n) is 4.08. The molecule has 3 nitrogen and oxygen atoms in total. The molecule has 0 fully saturated rings. The zero-order chi connectivity index (χ0) is 12.8. The van der Waals surface area contributed by atoms with Crippen molar-refractivity contribution in [1.29, 1.82) is 0 Å². The van der Waals surface area contributed by atoms with Crippen LogP contribution in [0.2, 0.25) is 0 Å². The van der Waals surface area contributed by atoms with Crippen LogP contribution in [0.1, 0.15) is 17.1 Å². The van der Waals surface area contributed by atoms with E-state index in [0.29, 0.717) is 12.3 Å². The first-order valence-corrected chi connectivity index (χ1v) is 5.91. The van der Waals surface area contributed by atoms with E-state index in [1.54, 1.807) is 18.2 Å². The minimum absolute atomic E-state index is 0.0738. The van der Waals surface area contributed by atoms with Crippen LogP contribution < -0.4 is 5.32 Å². The zero-order valence-corrected chi connectivity index (χ0v) is 10.0. The van der Waals surface area contributed by atoms with E-state index in [-0.39, 0.29) is 12.4 Å². The fraction of sp³-hybridized carbons (Fsp3) is 0.286. The van der Waals surface area contributed by atoms with E-state index in [0.717, 1.165) is 24.3 Å². The Kier molecular flexibility index (Phi) is 4.50. The molecule has 0 spiro atoms. The van der Waals surface area contributed by atoms with Crippen molar-refractivity contribution < 1.29 is 13.9 Å². The molecule has 0 aliphatic heterocycles. The van der Waals surface area contributed by atoms with Crippen LogP contribution in [-0.4, -0.2) is 11.7 Å². The lowest BCUT2D eigenvalue weighted by Gasteiger charge is -2.03. The van der Waals surface area contributed by atoms with Crippen LogP contribution in [-0.2, 0) is 19.6 Å². The molecule has 0 aliphatic carbocycles. The fourth-order valence-electron chi connectivity index (χ4n) is 1.70. The second kappa shape index (κ2) is 6.33. The Morgan fingerprint density at radius 1 is 1.06 bits per heavy atom. The third kappa shape index (κ3) is 3.68. The average Bonchev–Trinajstić information content (AvgIpc) is 2.85. The van der Waals surface area contributed by atoms with Crippen molar-refractivity contribution in [2.45, 2.75) is 19.6 Å². The summed E-state index contributed by atoms with van der Waals surface area (Å²) < 4.78 is 18.0. The van der Waals surface area contributed by atoms with E-state index in [9.17, 15) is 4.39 Å². The van der Waals surface area contributed by atoms with Crippen molar-refractivity contribution in [3.8, 4) is 0 Å². The summed E-state index contributed by atoms with van der Waals surface area (Å²) in [6.45, 7) is 1.34. The van der Waals surface area contributed by atoms with E-state index < -0.39 is 0 Å². The van der Waals surface area contributed by atoms with Crippen molar-refractivity contribution in [3.63, 3.8) is 0 Å². The lowest BCUT2D eigenvalue weighted by atomic mass is 10.1. The third-order valence-corrected chi connectivity index (χ3v) is 2.68. The number of aliphatic hydroxyl groups excluding tert-OH is 1. The lowest BCUT2D eigenvalue weighted by Crippen LogP contribution is -2.16. The predicted molar refractivity (Wildman–Crippen MR) is 66.4 cm³/mol. The summed E-state index contributed by atoms with van der Waals surface area (Å²) in [5.74, 6) is 1.17. The number of hydrogen-bond acceptors (Lipinski definition) is 3. The van der Waals surface area contributed by atoms with Crippen LogP contribution >= 0.6 is 0 Å². The highest BCUT2D eigenvalue weighted by atomic mass is 19.1. The minimum atomic E-state index is -0.209. The van der Waals surface area contributed by atoms with E-state index in [1.807, 2.05) is 6.07 Å². The molecule has 0 bridgehead atoms. The Bertz CT molecular complexity index is 479. The number of halogens is 1. The molecule has 1 heterocycles. The largest absolute Gasteiger partial charge is 0.462 e. The Morgan fingerprint density at radius 2 is 1.78 bits per heavy atom. The highest BCUT2D eigenvalue weighted by Crippen LogP contribution is 2.07. The Morgan fingerprint density at radius 3 is 2.44 bits per heavy atom. The molecular formula is C14H16FNO2. The van der Waals surface area contributed by atoms with Gasteiger partial charge in [0.15, 0.2) is 0 Å². The molecule has 0 amide bonds. The van der Waals surface area contributed by atoms with E-state index in [1.165, 1.54) is 12.1 Å². The van der Waals surface area contributed by atoms with Gasteiger partial charge in [0.05, 0.1) is 6.54 Å². The lowest BCUT2D eigenvalue weighted by molar-refractivity contribution is 0.243. The Balaban J connectivity index is 1.71. The molecule has 0 radical (unpaired) electrons. The molecule has 1 aromatic carbocycles. The van der Waals surface area contributed by atoms with Crippen molar-refractivity contribution >= 4 is 0 Å². The number of rotatable bonds is 6. The van der Waals surface area contributed by atoms with Crippen molar-refractivity contribution in [3.05, 3.63) is 59.3 Å². The van der Waals surface area contributed by atoms with Crippen molar-refractivity contribution in [1.82, 2.24) is 5.32 Å². The van der Waals surface area contributed by atoms with Gasteiger partial charge in [-0.15, -0.1) is 0 Å². The first-order valence-electron chi connectivity index (χ1n) is 5.91. The smallest absolute Gasteiger partial charge is 0.129 e. The summed E-state index contributed by atoms with van der Waals surface area (Å²) in [6, 6.07) is 10.1. The molecule has 18 heavy (non-hydrogen) atoms. The number of hydrogen-bond donors (Lipinski definition) is 2. The van der Waals surface area contributed by atoms with Gasteiger partial charge in [0.25, 0.3) is 0 Å². The van der Waals surface area contributed by atoms with Gasteiger partial charge in [-0.25, -0.2) is 4.39 Å². The topological polar surface area (TPSA) is 45.4 Å². The van der Waals surface area contributed by atoms with Crippen LogP contribution in [0.5, 0.6) is 0 Å². The van der Waals surface area contributed by atoms with Gasteiger partial charge < -0.3 is 14.8 Å². The highest BCUT2D eigenvalue weighted by molar-refractivity contribution is 5.16. The molecule has 96 valence electrons. The number of nitrogens with one attached hydrogen (secondary N) is 1. The fourth-order valence-corrected chi connectivity index (χ4v) is 1.70. The maximum Gasteiger partial charge on any atom is 0.129 e. The molecule has 0 atom stereocenters. The van der Waals surface area contributed by atoms with Crippen LogP contribution in [0, 0.1) is 5.82 Å². The molecular weight excluding hydrogens is 233 g/mol. The summed E-state index contributed by atoms with van der Waals surface area (Å²) in [5.41, 5.74) is 1.10. The SMILES string of the molecule is OCc1ccc(CNCCc2ccc(F)cc2)o1. The van der Waals surface area contributed by atoms with Gasteiger partial charge in [-0.1, -0.05) is 12.1 Å². The molecule has 2 rings (SSSR count). The molecule has 1 aromatic heterocycles. The standard InChI is InChI=1S/C14H16FNO2/c15-12-3-1-11(2-4-12)7-8-16-9-13-5-6-14(10-17)18-13/h1-6,16-17H,7-10H2. The maximum absolute atomic E-state index is 12.7.